The first kappa shape index (κ1) is 16.8. The van der Waals surface area contributed by atoms with Crippen LogP contribution in [0.15, 0.2) is 36.4 Å². The molecule has 0 saturated heterocycles. The quantitative estimate of drug-likeness (QED) is 0.911. The number of nitrogens with zero attached hydrogens (tertiary/aromatic N) is 1. The van der Waals surface area contributed by atoms with Gasteiger partial charge in [-0.15, -0.1) is 0 Å². The summed E-state index contributed by atoms with van der Waals surface area (Å²) >= 11 is 0. The third kappa shape index (κ3) is 3.27. The minimum absolute atomic E-state index is 0. The Bertz CT molecular complexity index is 711. The summed E-state index contributed by atoms with van der Waals surface area (Å²) in [4.78, 5) is 2.47. The number of aryl methyl sites for hydroxylation is 1. The second-order valence-corrected chi connectivity index (χ2v) is 6.54. The molecule has 0 unspecified atom stereocenters. The molecule has 1 N–H and O–H groups in total. The molecule has 0 radical (unpaired) electrons. The summed E-state index contributed by atoms with van der Waals surface area (Å²) in [7, 11) is 0. The summed E-state index contributed by atoms with van der Waals surface area (Å²) in [6, 6.07) is 13.3. The van der Waals surface area contributed by atoms with Gasteiger partial charge in [0.1, 0.15) is 12.4 Å². The van der Waals surface area contributed by atoms with E-state index < -0.39 is 0 Å². The topological polar surface area (TPSA) is 24.5 Å². The molecule has 2 aromatic rings. The predicted molar refractivity (Wildman–Crippen MR) is 101 cm³/mol. The molecule has 2 aliphatic heterocycles. The summed E-state index contributed by atoms with van der Waals surface area (Å²) in [5, 5.41) is 3.49. The number of hydrogen-bond acceptors (Lipinski definition) is 3. The SMILES string of the molecule is C.Cc1ccccc1CN1CCOc2cc3c(cc21)CCNCC3. The molecule has 0 fully saturated rings. The first-order chi connectivity index (χ1) is 11.3. The van der Waals surface area contributed by atoms with Crippen molar-refractivity contribution in [2.24, 2.45) is 0 Å². The monoisotopic (exact) mass is 324 g/mol. The number of ether oxygens (including phenoxy) is 1. The molecule has 0 atom stereocenters. The van der Waals surface area contributed by atoms with Gasteiger partial charge in [0, 0.05) is 6.54 Å². The second kappa shape index (κ2) is 7.27. The molecule has 0 aromatic heterocycles. The zero-order valence-corrected chi connectivity index (χ0v) is 13.8. The van der Waals surface area contributed by atoms with Crippen LogP contribution in [0, 0.1) is 6.92 Å². The Kier molecular flexibility index (Phi) is 5.10. The van der Waals surface area contributed by atoms with Crippen molar-refractivity contribution in [1.82, 2.24) is 5.32 Å². The Labute approximate surface area is 145 Å². The van der Waals surface area contributed by atoms with E-state index in [0.717, 1.165) is 51.4 Å². The zero-order chi connectivity index (χ0) is 15.6. The van der Waals surface area contributed by atoms with E-state index in [1.807, 2.05) is 0 Å². The van der Waals surface area contributed by atoms with Crippen molar-refractivity contribution >= 4 is 5.69 Å². The van der Waals surface area contributed by atoms with Gasteiger partial charge in [0.25, 0.3) is 0 Å². The lowest BCUT2D eigenvalue weighted by Gasteiger charge is -2.32. The second-order valence-electron chi connectivity index (χ2n) is 6.54. The first-order valence-electron chi connectivity index (χ1n) is 8.60. The lowest BCUT2D eigenvalue weighted by atomic mass is 10.00. The highest BCUT2D eigenvalue weighted by Gasteiger charge is 2.21. The number of rotatable bonds is 2. The Morgan fingerprint density at radius 3 is 2.62 bits per heavy atom. The molecule has 0 aliphatic carbocycles. The number of nitrogens with one attached hydrogen (secondary N) is 1. The molecule has 4 rings (SSSR count). The van der Waals surface area contributed by atoms with Crippen molar-refractivity contribution in [2.75, 3.05) is 31.1 Å². The van der Waals surface area contributed by atoms with Crippen LogP contribution < -0.4 is 15.0 Å². The fourth-order valence-corrected chi connectivity index (χ4v) is 3.60. The molecule has 0 bridgehead atoms. The summed E-state index contributed by atoms with van der Waals surface area (Å²) in [5.74, 6) is 1.06. The van der Waals surface area contributed by atoms with E-state index in [9.17, 15) is 0 Å². The van der Waals surface area contributed by atoms with E-state index >= 15 is 0 Å². The third-order valence-corrected chi connectivity index (χ3v) is 5.01. The highest BCUT2D eigenvalue weighted by molar-refractivity contribution is 5.64. The van der Waals surface area contributed by atoms with E-state index in [1.54, 1.807) is 0 Å². The van der Waals surface area contributed by atoms with Crippen molar-refractivity contribution in [3.63, 3.8) is 0 Å². The normalized spacial score (nSPS) is 16.3. The van der Waals surface area contributed by atoms with Crippen molar-refractivity contribution in [3.05, 3.63) is 58.7 Å². The van der Waals surface area contributed by atoms with Crippen molar-refractivity contribution in [3.8, 4) is 5.75 Å². The lowest BCUT2D eigenvalue weighted by Crippen LogP contribution is -2.32. The van der Waals surface area contributed by atoms with Gasteiger partial charge in [-0.1, -0.05) is 31.7 Å². The molecule has 0 saturated carbocycles. The maximum atomic E-state index is 5.97. The van der Waals surface area contributed by atoms with Crippen LogP contribution in [0.2, 0.25) is 0 Å². The van der Waals surface area contributed by atoms with Crippen LogP contribution in [-0.4, -0.2) is 26.2 Å². The molecule has 3 nitrogen and oxygen atoms in total. The Hall–Kier alpha value is -2.00. The molecule has 2 aliphatic rings. The molecule has 128 valence electrons. The minimum Gasteiger partial charge on any atom is -0.490 e. The fourth-order valence-electron chi connectivity index (χ4n) is 3.60. The van der Waals surface area contributed by atoms with Crippen LogP contribution in [0.3, 0.4) is 0 Å². The van der Waals surface area contributed by atoms with Gasteiger partial charge in [-0.25, -0.2) is 0 Å². The van der Waals surface area contributed by atoms with E-state index in [0.29, 0.717) is 0 Å². The first-order valence-corrected chi connectivity index (χ1v) is 8.60. The smallest absolute Gasteiger partial charge is 0.142 e. The van der Waals surface area contributed by atoms with E-state index in [4.69, 9.17) is 4.74 Å². The van der Waals surface area contributed by atoms with Crippen LogP contribution in [0.4, 0.5) is 5.69 Å². The van der Waals surface area contributed by atoms with Gasteiger partial charge in [0.05, 0.1) is 12.2 Å². The molecule has 3 heteroatoms. The number of benzene rings is 2. The van der Waals surface area contributed by atoms with Gasteiger partial charge in [0.2, 0.25) is 0 Å². The van der Waals surface area contributed by atoms with Gasteiger partial charge in [0.15, 0.2) is 0 Å². The van der Waals surface area contributed by atoms with Crippen molar-refractivity contribution in [2.45, 2.75) is 33.7 Å². The largest absolute Gasteiger partial charge is 0.490 e. The fraction of sp³-hybridized carbons (Fsp3) is 0.429. The van der Waals surface area contributed by atoms with Gasteiger partial charge in [-0.3, -0.25) is 0 Å². The summed E-state index contributed by atoms with van der Waals surface area (Å²) < 4.78 is 5.97. The third-order valence-electron chi connectivity index (χ3n) is 5.01. The van der Waals surface area contributed by atoms with Gasteiger partial charge in [-0.2, -0.15) is 0 Å². The molecular weight excluding hydrogens is 296 g/mol. The van der Waals surface area contributed by atoms with Crippen molar-refractivity contribution in [1.29, 1.82) is 0 Å². The molecule has 2 aromatic carbocycles. The molecule has 0 amide bonds. The standard InChI is InChI=1S/C20H24N2O.CH4/c1-15-4-2-3-5-18(15)14-22-10-11-23-20-13-17-7-9-21-8-6-16(17)12-19(20)22;/h2-5,12-13,21H,6-11,14H2,1H3;1H4. The van der Waals surface area contributed by atoms with Gasteiger partial charge < -0.3 is 15.0 Å². The number of anilines is 1. The Balaban J connectivity index is 0.00000169. The molecular formula is C21H28N2O. The summed E-state index contributed by atoms with van der Waals surface area (Å²) in [5.41, 5.74) is 6.96. The minimum atomic E-state index is 0. The average molecular weight is 324 g/mol. The van der Waals surface area contributed by atoms with Crippen LogP contribution in [0.1, 0.15) is 29.7 Å². The van der Waals surface area contributed by atoms with E-state index in [-0.39, 0.29) is 7.43 Å². The van der Waals surface area contributed by atoms with Crippen LogP contribution in [0.25, 0.3) is 0 Å². The van der Waals surface area contributed by atoms with E-state index in [2.05, 4.69) is 53.5 Å². The molecule has 2 heterocycles. The number of fused-ring (bicyclic) bond motifs is 2. The highest BCUT2D eigenvalue weighted by atomic mass is 16.5. The van der Waals surface area contributed by atoms with Gasteiger partial charge in [-0.05, 0) is 67.2 Å². The molecule has 24 heavy (non-hydrogen) atoms. The zero-order valence-electron chi connectivity index (χ0n) is 13.8. The van der Waals surface area contributed by atoms with Crippen LogP contribution in [-0.2, 0) is 19.4 Å². The van der Waals surface area contributed by atoms with Crippen LogP contribution in [0.5, 0.6) is 5.75 Å². The maximum absolute atomic E-state index is 5.97. The Morgan fingerprint density at radius 1 is 1.08 bits per heavy atom. The summed E-state index contributed by atoms with van der Waals surface area (Å²) in [6.45, 7) is 7.02. The average Bonchev–Trinajstić information content (AvgIpc) is 2.80. The Morgan fingerprint density at radius 2 is 1.83 bits per heavy atom. The number of hydrogen-bond donors (Lipinski definition) is 1. The lowest BCUT2D eigenvalue weighted by molar-refractivity contribution is 0.306. The van der Waals surface area contributed by atoms with Crippen molar-refractivity contribution < 1.29 is 4.74 Å². The summed E-state index contributed by atoms with van der Waals surface area (Å²) in [6.07, 6.45) is 2.21. The molecule has 0 spiro atoms. The van der Waals surface area contributed by atoms with Crippen LogP contribution >= 0.6 is 0 Å². The highest BCUT2D eigenvalue weighted by Crippen LogP contribution is 2.36. The van der Waals surface area contributed by atoms with Gasteiger partial charge >= 0.3 is 0 Å². The maximum Gasteiger partial charge on any atom is 0.142 e. The predicted octanol–water partition coefficient (Wildman–Crippen LogP) is 3.72. The van der Waals surface area contributed by atoms with E-state index in [1.165, 1.54) is 27.9 Å².